The molecular formula is C31H36ClN5O3. The molecule has 3 heterocycles. The summed E-state index contributed by atoms with van der Waals surface area (Å²) in [6.07, 6.45) is 11.7. The molecule has 0 saturated heterocycles. The van der Waals surface area contributed by atoms with Gasteiger partial charge in [0.1, 0.15) is 17.3 Å². The third-order valence-electron chi connectivity index (χ3n) is 6.79. The van der Waals surface area contributed by atoms with Crippen LogP contribution in [-0.4, -0.2) is 40.7 Å². The van der Waals surface area contributed by atoms with Crippen LogP contribution in [-0.2, 0) is 11.2 Å². The van der Waals surface area contributed by atoms with Gasteiger partial charge in [0.2, 0.25) is 11.4 Å². The number of aromatic nitrogens is 3. The maximum atomic E-state index is 13.8. The Morgan fingerprint density at radius 2 is 2.00 bits per heavy atom. The number of hydrogen-bond acceptors (Lipinski definition) is 6. The molecule has 1 aliphatic rings. The van der Waals surface area contributed by atoms with E-state index in [1.807, 2.05) is 25.3 Å². The summed E-state index contributed by atoms with van der Waals surface area (Å²) in [4.78, 5) is 28.8. The molecule has 40 heavy (non-hydrogen) atoms. The summed E-state index contributed by atoms with van der Waals surface area (Å²) in [5, 5.41) is 0.504. The molecule has 0 saturated carbocycles. The summed E-state index contributed by atoms with van der Waals surface area (Å²) in [6, 6.07) is 7.37. The van der Waals surface area contributed by atoms with Gasteiger partial charge in [0.15, 0.2) is 0 Å². The number of pyridine rings is 1. The molecule has 0 N–H and O–H groups in total. The Labute approximate surface area is 240 Å². The van der Waals surface area contributed by atoms with Gasteiger partial charge in [-0.15, -0.1) is 0 Å². The van der Waals surface area contributed by atoms with E-state index in [0.29, 0.717) is 41.5 Å². The maximum Gasteiger partial charge on any atom is 0.235 e. The number of methoxy groups -OCH3 is 1. The van der Waals surface area contributed by atoms with Gasteiger partial charge in [0.25, 0.3) is 0 Å². The first-order valence-corrected chi connectivity index (χ1v) is 13.6. The molecule has 210 valence electrons. The second-order valence-corrected chi connectivity index (χ2v) is 11.1. The largest absolute Gasteiger partial charge is 0.492 e. The van der Waals surface area contributed by atoms with Crippen LogP contribution < -0.4 is 15.1 Å². The zero-order valence-corrected chi connectivity index (χ0v) is 24.5. The highest BCUT2D eigenvalue weighted by atomic mass is 35.5. The van der Waals surface area contributed by atoms with Crippen LogP contribution in [0.1, 0.15) is 45.7 Å². The number of hydrogen-bond donors (Lipinski definition) is 0. The van der Waals surface area contributed by atoms with Crippen LogP contribution in [0.25, 0.3) is 11.3 Å². The molecular weight excluding hydrogens is 526 g/mol. The lowest BCUT2D eigenvalue weighted by atomic mass is 9.79. The van der Waals surface area contributed by atoms with Gasteiger partial charge in [-0.3, -0.25) is 9.69 Å². The normalized spacial score (nSPS) is 15.1. The standard InChI is InChI=1S/C31H36ClN5O3/c1-7-8-11-33-21(2)37(30-34-12-9-13-35-30)26-20-36-25(19-27(26)38)23-18-24(32)28(40-15-10-14-39-6)16-22(23)17-29(36)31(3,4)5/h7-9,11-13,16,18-20,29H,1,10,14-15,17H2,2-6H3/b11-8-,33-21?. The maximum absolute atomic E-state index is 13.8. The third kappa shape index (κ3) is 6.35. The summed E-state index contributed by atoms with van der Waals surface area (Å²) in [6.45, 7) is 13.2. The van der Waals surface area contributed by atoms with E-state index in [9.17, 15) is 4.79 Å². The van der Waals surface area contributed by atoms with E-state index in [2.05, 4.69) is 46.9 Å². The van der Waals surface area contributed by atoms with E-state index < -0.39 is 0 Å². The number of amidine groups is 1. The van der Waals surface area contributed by atoms with Gasteiger partial charge in [0, 0.05) is 62.6 Å². The molecule has 0 spiro atoms. The Bertz CT molecular complexity index is 1470. The number of ether oxygens (including phenoxy) is 2. The molecule has 8 nitrogen and oxygen atoms in total. The van der Waals surface area contributed by atoms with Gasteiger partial charge in [-0.25, -0.2) is 15.0 Å². The molecule has 1 unspecified atom stereocenters. The average Bonchev–Trinajstić information content (AvgIpc) is 2.92. The summed E-state index contributed by atoms with van der Waals surface area (Å²) >= 11 is 6.67. The first-order valence-electron chi connectivity index (χ1n) is 13.3. The summed E-state index contributed by atoms with van der Waals surface area (Å²) in [7, 11) is 1.67. The Morgan fingerprint density at radius 3 is 2.67 bits per heavy atom. The lowest BCUT2D eigenvalue weighted by Crippen LogP contribution is -2.35. The highest BCUT2D eigenvalue weighted by Crippen LogP contribution is 2.45. The van der Waals surface area contributed by atoms with Gasteiger partial charge >= 0.3 is 0 Å². The van der Waals surface area contributed by atoms with E-state index in [0.717, 1.165) is 29.7 Å². The smallest absolute Gasteiger partial charge is 0.235 e. The number of benzene rings is 1. The molecule has 2 aromatic heterocycles. The van der Waals surface area contributed by atoms with E-state index in [1.165, 1.54) is 0 Å². The summed E-state index contributed by atoms with van der Waals surface area (Å²) < 4.78 is 13.3. The molecule has 3 aromatic rings. The van der Waals surface area contributed by atoms with Crippen molar-refractivity contribution in [2.75, 3.05) is 25.2 Å². The number of fused-ring (bicyclic) bond motifs is 3. The molecule has 0 fully saturated rings. The minimum Gasteiger partial charge on any atom is -0.492 e. The highest BCUT2D eigenvalue weighted by Gasteiger charge is 2.34. The minimum absolute atomic E-state index is 0.0494. The van der Waals surface area contributed by atoms with Crippen LogP contribution in [0.5, 0.6) is 5.75 Å². The van der Waals surface area contributed by atoms with Crippen molar-refractivity contribution < 1.29 is 9.47 Å². The zero-order chi connectivity index (χ0) is 28.9. The van der Waals surface area contributed by atoms with Crippen molar-refractivity contribution in [3.05, 3.63) is 88.6 Å². The average molecular weight is 562 g/mol. The van der Waals surface area contributed by atoms with Crippen LogP contribution >= 0.6 is 11.6 Å². The highest BCUT2D eigenvalue weighted by molar-refractivity contribution is 6.32. The Morgan fingerprint density at radius 1 is 1.25 bits per heavy atom. The first kappa shape index (κ1) is 29.2. The predicted octanol–water partition coefficient (Wildman–Crippen LogP) is 6.77. The van der Waals surface area contributed by atoms with E-state index in [-0.39, 0.29) is 16.9 Å². The number of aliphatic imine (C=N–C) groups is 1. The quantitative estimate of drug-likeness (QED) is 0.124. The van der Waals surface area contributed by atoms with E-state index in [1.54, 1.807) is 54.9 Å². The van der Waals surface area contributed by atoms with Crippen molar-refractivity contribution in [2.24, 2.45) is 10.4 Å². The minimum atomic E-state index is -0.183. The van der Waals surface area contributed by atoms with Gasteiger partial charge in [-0.2, -0.15) is 0 Å². The van der Waals surface area contributed by atoms with E-state index in [4.69, 9.17) is 21.1 Å². The number of nitrogens with zero attached hydrogens (tertiary/aromatic N) is 5. The van der Waals surface area contributed by atoms with Crippen molar-refractivity contribution in [2.45, 2.75) is 46.6 Å². The van der Waals surface area contributed by atoms with Gasteiger partial charge in [-0.05, 0) is 48.6 Å². The Balaban J connectivity index is 1.87. The molecule has 4 rings (SSSR count). The fourth-order valence-corrected chi connectivity index (χ4v) is 5.03. The van der Waals surface area contributed by atoms with Crippen LogP contribution in [0.2, 0.25) is 5.02 Å². The van der Waals surface area contributed by atoms with Gasteiger partial charge < -0.3 is 14.0 Å². The fraction of sp³-hybridized carbons (Fsp3) is 0.355. The van der Waals surface area contributed by atoms with Crippen molar-refractivity contribution >= 4 is 29.1 Å². The number of halogens is 1. The van der Waals surface area contributed by atoms with Crippen LogP contribution in [0.15, 0.2) is 77.6 Å². The summed E-state index contributed by atoms with van der Waals surface area (Å²) in [5.41, 5.74) is 2.91. The van der Waals surface area contributed by atoms with Crippen LogP contribution in [0, 0.1) is 5.41 Å². The molecule has 1 aromatic carbocycles. The molecule has 0 aliphatic carbocycles. The monoisotopic (exact) mass is 561 g/mol. The first-order chi connectivity index (χ1) is 19.2. The molecule has 1 aliphatic heterocycles. The molecule has 0 bridgehead atoms. The lowest BCUT2D eigenvalue weighted by Gasteiger charge is -2.39. The van der Waals surface area contributed by atoms with Gasteiger partial charge in [0.05, 0.1) is 17.3 Å². The molecule has 1 atom stereocenters. The Kier molecular flexibility index (Phi) is 9.22. The third-order valence-corrected chi connectivity index (χ3v) is 7.09. The lowest BCUT2D eigenvalue weighted by molar-refractivity contribution is 0.172. The van der Waals surface area contributed by atoms with Crippen molar-refractivity contribution in [1.29, 1.82) is 0 Å². The molecule has 0 amide bonds. The predicted molar refractivity (Wildman–Crippen MR) is 162 cm³/mol. The zero-order valence-electron chi connectivity index (χ0n) is 23.7. The van der Waals surface area contributed by atoms with Crippen molar-refractivity contribution in [1.82, 2.24) is 14.5 Å². The second-order valence-electron chi connectivity index (χ2n) is 10.7. The topological polar surface area (TPSA) is 81.8 Å². The molecule has 9 heteroatoms. The number of rotatable bonds is 9. The van der Waals surface area contributed by atoms with E-state index >= 15 is 0 Å². The number of allylic oxidation sites excluding steroid dienone is 2. The summed E-state index contributed by atoms with van der Waals surface area (Å²) in [5.74, 6) is 1.54. The fourth-order valence-electron chi connectivity index (χ4n) is 4.81. The number of anilines is 2. The molecule has 0 radical (unpaired) electrons. The second kappa shape index (κ2) is 12.6. The van der Waals surface area contributed by atoms with Gasteiger partial charge in [-0.1, -0.05) is 45.0 Å². The van der Waals surface area contributed by atoms with Crippen LogP contribution in [0.4, 0.5) is 11.6 Å². The Hall–Kier alpha value is -3.75. The van der Waals surface area contributed by atoms with Crippen LogP contribution in [0.3, 0.4) is 0 Å². The SMILES string of the molecule is C=C/C=C\N=C(C)N(c1ncccn1)c1cn2c(cc1=O)-c1cc(Cl)c(OCCCOC)cc1CC2C(C)(C)C. The van der Waals surface area contributed by atoms with Crippen molar-refractivity contribution in [3.8, 4) is 17.0 Å². The van der Waals surface area contributed by atoms with Crippen molar-refractivity contribution in [3.63, 3.8) is 0 Å².